The lowest BCUT2D eigenvalue weighted by atomic mass is 9.69. The van der Waals surface area contributed by atoms with Crippen LogP contribution in [0.1, 0.15) is 122 Å². The fraction of sp³-hybridized carbons (Fsp3) is 0.900. The Balaban J connectivity index is 1.24. The molecule has 0 N–H and O–H groups in total. The molecule has 0 amide bonds. The minimum Gasteiger partial charge on any atom is -0.463 e. The summed E-state index contributed by atoms with van der Waals surface area (Å²) in [6, 6.07) is 2.65. The quantitative estimate of drug-likeness (QED) is 0.276. The molecule has 3 heteroatoms. The summed E-state index contributed by atoms with van der Waals surface area (Å²) in [5.74, 6) is 3.36. The van der Waals surface area contributed by atoms with Gasteiger partial charge in [-0.3, -0.25) is 4.90 Å². The van der Waals surface area contributed by atoms with Crippen LogP contribution in [-0.2, 0) is 9.53 Å². The van der Waals surface area contributed by atoms with Crippen molar-refractivity contribution < 1.29 is 9.53 Å². The van der Waals surface area contributed by atoms with E-state index in [4.69, 9.17) is 4.74 Å². The van der Waals surface area contributed by atoms with Crippen LogP contribution in [0.2, 0.25) is 0 Å². The van der Waals surface area contributed by atoms with Gasteiger partial charge in [-0.25, -0.2) is 4.79 Å². The Morgan fingerprint density at radius 1 is 0.758 bits per heavy atom. The number of hydrogen-bond acceptors (Lipinski definition) is 3. The highest BCUT2D eigenvalue weighted by atomic mass is 16.5. The van der Waals surface area contributed by atoms with Crippen molar-refractivity contribution in [1.29, 1.82) is 0 Å². The normalized spacial score (nSPS) is 36.4. The third-order valence-electron chi connectivity index (χ3n) is 10.1. The molecule has 188 valence electrons. The first kappa shape index (κ1) is 25.3. The van der Waals surface area contributed by atoms with Crippen LogP contribution in [0.5, 0.6) is 0 Å². The highest BCUT2D eigenvalue weighted by Crippen LogP contribution is 2.43. The second kappa shape index (κ2) is 12.8. The Hall–Kier alpha value is -0.830. The van der Waals surface area contributed by atoms with E-state index in [2.05, 4.69) is 18.4 Å². The molecular weight excluding hydrogens is 406 g/mol. The average Bonchev–Trinajstić information content (AvgIpc) is 2.87. The minimum absolute atomic E-state index is 0.273. The Bertz CT molecular complexity index is 588. The summed E-state index contributed by atoms with van der Waals surface area (Å²) in [7, 11) is 0. The maximum absolute atomic E-state index is 11.3. The topological polar surface area (TPSA) is 29.5 Å². The lowest BCUT2D eigenvalue weighted by Gasteiger charge is -2.49. The van der Waals surface area contributed by atoms with Gasteiger partial charge in [-0.2, -0.15) is 0 Å². The van der Waals surface area contributed by atoms with Gasteiger partial charge in [0, 0.05) is 24.2 Å². The van der Waals surface area contributed by atoms with E-state index in [-0.39, 0.29) is 5.97 Å². The Labute approximate surface area is 204 Å². The summed E-state index contributed by atoms with van der Waals surface area (Å²) >= 11 is 0. The molecular formula is C30H51NO2. The number of hydrogen-bond donors (Lipinski definition) is 0. The molecule has 4 saturated carbocycles. The molecule has 4 aliphatic carbocycles. The van der Waals surface area contributed by atoms with Gasteiger partial charge in [0.05, 0.1) is 6.61 Å². The first-order valence-electron chi connectivity index (χ1n) is 14.7. The fourth-order valence-corrected chi connectivity index (χ4v) is 8.02. The Kier molecular flexibility index (Phi) is 9.76. The highest BCUT2D eigenvalue weighted by Gasteiger charge is 2.38. The first-order valence-corrected chi connectivity index (χ1v) is 14.7. The van der Waals surface area contributed by atoms with E-state index in [1.54, 1.807) is 0 Å². The number of esters is 1. The molecule has 0 saturated heterocycles. The van der Waals surface area contributed by atoms with Gasteiger partial charge in [0.2, 0.25) is 0 Å². The van der Waals surface area contributed by atoms with Crippen LogP contribution in [0, 0.1) is 23.7 Å². The molecule has 0 aromatic carbocycles. The predicted octanol–water partition coefficient (Wildman–Crippen LogP) is 7.68. The number of nitrogens with zero attached hydrogens (tertiary/aromatic N) is 1. The summed E-state index contributed by atoms with van der Waals surface area (Å²) < 4.78 is 5.22. The van der Waals surface area contributed by atoms with Gasteiger partial charge in [0.15, 0.2) is 0 Å². The van der Waals surface area contributed by atoms with E-state index in [0.717, 1.165) is 48.2 Å². The van der Waals surface area contributed by atoms with Crippen molar-refractivity contribution in [3.63, 3.8) is 0 Å². The van der Waals surface area contributed by atoms with Crippen molar-refractivity contribution in [3.05, 3.63) is 12.7 Å². The fourth-order valence-electron chi connectivity index (χ4n) is 8.02. The van der Waals surface area contributed by atoms with Crippen molar-refractivity contribution in [3.8, 4) is 0 Å². The van der Waals surface area contributed by atoms with Crippen LogP contribution in [-0.4, -0.2) is 35.6 Å². The predicted molar refractivity (Wildman–Crippen MR) is 137 cm³/mol. The molecule has 3 nitrogen and oxygen atoms in total. The summed E-state index contributed by atoms with van der Waals surface area (Å²) in [6.07, 6.45) is 26.9. The SMILES string of the molecule is C=CC(=O)OCCC1CCC(C2CCC(N(C3CCCCC3)C3CCC(C)CC3)CC2)CC1. The molecule has 4 fully saturated rings. The summed E-state index contributed by atoms with van der Waals surface area (Å²) in [5.41, 5.74) is 0. The second-order valence-corrected chi connectivity index (χ2v) is 12.2. The summed E-state index contributed by atoms with van der Waals surface area (Å²) in [5, 5.41) is 0. The maximum atomic E-state index is 11.3. The number of rotatable bonds is 8. The van der Waals surface area contributed by atoms with Crippen molar-refractivity contribution in [2.75, 3.05) is 6.61 Å². The van der Waals surface area contributed by atoms with Gasteiger partial charge in [-0.05, 0) is 107 Å². The third kappa shape index (κ3) is 7.09. The molecule has 0 radical (unpaired) electrons. The van der Waals surface area contributed by atoms with Crippen molar-refractivity contribution in [2.24, 2.45) is 23.7 Å². The van der Waals surface area contributed by atoms with Crippen molar-refractivity contribution in [1.82, 2.24) is 4.90 Å². The molecule has 0 aromatic rings. The molecule has 0 spiro atoms. The Morgan fingerprint density at radius 3 is 1.85 bits per heavy atom. The van der Waals surface area contributed by atoms with Gasteiger partial charge in [0.1, 0.15) is 0 Å². The van der Waals surface area contributed by atoms with E-state index >= 15 is 0 Å². The zero-order chi connectivity index (χ0) is 23.0. The molecule has 0 atom stereocenters. The monoisotopic (exact) mass is 457 g/mol. The maximum Gasteiger partial charge on any atom is 0.330 e. The highest BCUT2D eigenvalue weighted by molar-refractivity contribution is 5.81. The molecule has 0 bridgehead atoms. The molecule has 0 heterocycles. The second-order valence-electron chi connectivity index (χ2n) is 12.2. The van der Waals surface area contributed by atoms with Crippen molar-refractivity contribution in [2.45, 2.75) is 141 Å². The first-order chi connectivity index (χ1) is 16.1. The van der Waals surface area contributed by atoms with Gasteiger partial charge >= 0.3 is 5.97 Å². The van der Waals surface area contributed by atoms with E-state index in [1.807, 2.05) is 0 Å². The van der Waals surface area contributed by atoms with E-state index in [1.165, 1.54) is 115 Å². The molecule has 0 unspecified atom stereocenters. The molecule has 4 aliphatic rings. The smallest absolute Gasteiger partial charge is 0.330 e. The summed E-state index contributed by atoms with van der Waals surface area (Å²) in [6.45, 7) is 6.52. The summed E-state index contributed by atoms with van der Waals surface area (Å²) in [4.78, 5) is 14.4. The number of ether oxygens (including phenoxy) is 1. The number of carbonyl (C=O) groups excluding carboxylic acids is 1. The van der Waals surface area contributed by atoms with Gasteiger partial charge in [-0.1, -0.05) is 45.6 Å². The van der Waals surface area contributed by atoms with Gasteiger partial charge in [-0.15, -0.1) is 0 Å². The van der Waals surface area contributed by atoms with Crippen LogP contribution in [0.4, 0.5) is 0 Å². The molecule has 0 aliphatic heterocycles. The van der Waals surface area contributed by atoms with Gasteiger partial charge < -0.3 is 4.74 Å². The van der Waals surface area contributed by atoms with Crippen LogP contribution < -0.4 is 0 Å². The van der Waals surface area contributed by atoms with Crippen LogP contribution in [0.15, 0.2) is 12.7 Å². The third-order valence-corrected chi connectivity index (χ3v) is 10.1. The molecule has 33 heavy (non-hydrogen) atoms. The van der Waals surface area contributed by atoms with E-state index in [9.17, 15) is 4.79 Å². The lowest BCUT2D eigenvalue weighted by molar-refractivity contribution is -0.138. The van der Waals surface area contributed by atoms with E-state index < -0.39 is 0 Å². The largest absolute Gasteiger partial charge is 0.463 e. The standard InChI is InChI=1S/C30H51NO2/c1-3-30(32)33-22-21-24-11-13-25(14-12-24)26-15-19-29(20-16-26)31(27-7-5-4-6-8-27)28-17-9-23(2)10-18-28/h3,23-29H,1,4-22H2,2H3. The van der Waals surface area contributed by atoms with Crippen LogP contribution in [0.3, 0.4) is 0 Å². The lowest BCUT2D eigenvalue weighted by Crippen LogP contribution is -2.52. The molecule has 4 rings (SSSR count). The Morgan fingerprint density at radius 2 is 1.27 bits per heavy atom. The minimum atomic E-state index is -0.273. The van der Waals surface area contributed by atoms with Gasteiger partial charge in [0.25, 0.3) is 0 Å². The average molecular weight is 458 g/mol. The van der Waals surface area contributed by atoms with Crippen molar-refractivity contribution >= 4 is 5.97 Å². The van der Waals surface area contributed by atoms with E-state index in [0.29, 0.717) is 6.61 Å². The molecule has 0 aromatic heterocycles. The zero-order valence-corrected chi connectivity index (χ0v) is 21.5. The van der Waals surface area contributed by atoms with Crippen LogP contribution >= 0.6 is 0 Å². The van der Waals surface area contributed by atoms with Crippen LogP contribution in [0.25, 0.3) is 0 Å². The zero-order valence-electron chi connectivity index (χ0n) is 21.5. The number of carbonyl (C=O) groups is 1.